The molecule has 0 saturated carbocycles. The molecule has 7 heteroatoms. The van der Waals surface area contributed by atoms with Crippen molar-refractivity contribution in [3.63, 3.8) is 0 Å². The molecular formula is C27H26N4O3. The van der Waals surface area contributed by atoms with Crippen LogP contribution in [0.2, 0.25) is 0 Å². The zero-order valence-electron chi connectivity index (χ0n) is 19.5. The Bertz CT molecular complexity index is 1410. The average Bonchev–Trinajstić information content (AvgIpc) is 3.21. The number of primary amides is 1. The number of ether oxygens (including phenoxy) is 1. The van der Waals surface area contributed by atoms with E-state index in [1.54, 1.807) is 32.2 Å². The van der Waals surface area contributed by atoms with Gasteiger partial charge >= 0.3 is 0 Å². The predicted octanol–water partition coefficient (Wildman–Crippen LogP) is 5.03. The number of carbonyl (C=O) groups is 2. The molecule has 7 nitrogen and oxygen atoms in total. The van der Waals surface area contributed by atoms with Gasteiger partial charge in [0.15, 0.2) is 0 Å². The Labute approximate surface area is 198 Å². The molecule has 34 heavy (non-hydrogen) atoms. The molecule has 0 aliphatic heterocycles. The van der Waals surface area contributed by atoms with Gasteiger partial charge in [-0.1, -0.05) is 30.3 Å². The maximum Gasteiger partial charge on any atom is 0.276 e. The second-order valence-corrected chi connectivity index (χ2v) is 8.09. The Kier molecular flexibility index (Phi) is 6.19. The molecule has 0 spiro atoms. The summed E-state index contributed by atoms with van der Waals surface area (Å²) in [6, 6.07) is 18.5. The van der Waals surface area contributed by atoms with Crippen LogP contribution in [0, 0.1) is 20.8 Å². The lowest BCUT2D eigenvalue weighted by Crippen LogP contribution is -2.15. The average molecular weight is 455 g/mol. The van der Waals surface area contributed by atoms with Gasteiger partial charge < -0.3 is 20.8 Å². The predicted molar refractivity (Wildman–Crippen MR) is 133 cm³/mol. The molecule has 0 aliphatic carbocycles. The van der Waals surface area contributed by atoms with E-state index in [0.29, 0.717) is 22.8 Å². The smallest absolute Gasteiger partial charge is 0.276 e. The minimum Gasteiger partial charge on any atom is -0.496 e. The number of aromatic amines is 1. The second kappa shape index (κ2) is 9.23. The number of hydrogen-bond donors (Lipinski definition) is 3. The van der Waals surface area contributed by atoms with Crippen LogP contribution >= 0.6 is 0 Å². The van der Waals surface area contributed by atoms with Crippen LogP contribution in [0.5, 0.6) is 5.75 Å². The lowest BCUT2D eigenvalue weighted by Gasteiger charge is -2.16. The number of methoxy groups -OCH3 is 1. The summed E-state index contributed by atoms with van der Waals surface area (Å²) in [4.78, 5) is 32.2. The molecule has 0 radical (unpaired) electrons. The van der Waals surface area contributed by atoms with Crippen LogP contribution in [0.4, 0.5) is 5.69 Å². The van der Waals surface area contributed by atoms with Gasteiger partial charge in [-0.15, -0.1) is 0 Å². The molecule has 2 amide bonds. The van der Waals surface area contributed by atoms with E-state index in [-0.39, 0.29) is 11.6 Å². The largest absolute Gasteiger partial charge is 0.496 e. The van der Waals surface area contributed by atoms with Crippen molar-refractivity contribution in [2.24, 2.45) is 5.73 Å². The number of benzene rings is 3. The van der Waals surface area contributed by atoms with Crippen LogP contribution in [0.25, 0.3) is 22.5 Å². The third-order valence-electron chi connectivity index (χ3n) is 5.82. The maximum absolute atomic E-state index is 12.9. The summed E-state index contributed by atoms with van der Waals surface area (Å²) in [5.74, 6) is 0.412. The van der Waals surface area contributed by atoms with Crippen molar-refractivity contribution < 1.29 is 14.3 Å². The van der Waals surface area contributed by atoms with Gasteiger partial charge in [-0.3, -0.25) is 9.59 Å². The number of nitrogens with zero attached hydrogens (tertiary/aromatic N) is 1. The zero-order valence-corrected chi connectivity index (χ0v) is 19.5. The zero-order chi connectivity index (χ0) is 24.4. The molecule has 4 rings (SSSR count). The quantitative estimate of drug-likeness (QED) is 0.379. The van der Waals surface area contributed by atoms with E-state index in [1.165, 1.54) is 6.07 Å². The van der Waals surface area contributed by atoms with E-state index < -0.39 is 5.91 Å². The Morgan fingerprint density at radius 2 is 1.74 bits per heavy atom. The van der Waals surface area contributed by atoms with E-state index in [2.05, 4.69) is 34.3 Å². The van der Waals surface area contributed by atoms with Crippen molar-refractivity contribution >= 4 is 17.5 Å². The van der Waals surface area contributed by atoms with Crippen molar-refractivity contribution in [3.05, 3.63) is 88.7 Å². The monoisotopic (exact) mass is 454 g/mol. The van der Waals surface area contributed by atoms with Crippen LogP contribution in [0.15, 0.2) is 60.7 Å². The molecule has 4 N–H and O–H groups in total. The van der Waals surface area contributed by atoms with E-state index in [1.807, 2.05) is 31.2 Å². The van der Waals surface area contributed by atoms with Gasteiger partial charge in [0.25, 0.3) is 5.91 Å². The summed E-state index contributed by atoms with van der Waals surface area (Å²) in [7, 11) is 1.66. The highest BCUT2D eigenvalue weighted by molar-refractivity contribution is 6.05. The summed E-state index contributed by atoms with van der Waals surface area (Å²) in [5, 5.41) is 2.79. The Morgan fingerprint density at radius 1 is 0.971 bits per heavy atom. The number of nitrogens with two attached hydrogens (primary N) is 1. The minimum absolute atomic E-state index is 0.270. The molecule has 0 saturated heterocycles. The number of rotatable bonds is 6. The van der Waals surface area contributed by atoms with Gasteiger partial charge in [0.2, 0.25) is 5.91 Å². The minimum atomic E-state index is -0.561. The van der Waals surface area contributed by atoms with Crippen LogP contribution in [0.3, 0.4) is 0 Å². The Hall–Kier alpha value is -4.39. The normalized spacial score (nSPS) is 10.7. The first kappa shape index (κ1) is 22.8. The standard InChI is InChI=1S/C27H26N4O3/c1-15-8-5-6-11-20(15)23-16(2)21(12-13-22(23)34-4)26-29-17(3)24(31-26)27(33)30-19-10-7-9-18(14-19)25(28)32/h5-14H,1-4H3,(H2,28,32)(H,29,31)(H,30,33). The Morgan fingerprint density at radius 3 is 2.44 bits per heavy atom. The molecule has 0 atom stereocenters. The first-order chi connectivity index (χ1) is 16.3. The van der Waals surface area contributed by atoms with E-state index in [9.17, 15) is 9.59 Å². The van der Waals surface area contributed by atoms with E-state index in [0.717, 1.165) is 33.6 Å². The van der Waals surface area contributed by atoms with E-state index >= 15 is 0 Å². The SMILES string of the molecule is COc1ccc(-c2nc(C(=O)Nc3cccc(C(N)=O)c3)c(C)[nH]2)c(C)c1-c1ccccc1C. The van der Waals surface area contributed by atoms with Gasteiger partial charge in [0, 0.05) is 28.1 Å². The van der Waals surface area contributed by atoms with Gasteiger partial charge in [0.05, 0.1) is 7.11 Å². The molecule has 3 aromatic carbocycles. The van der Waals surface area contributed by atoms with Gasteiger partial charge in [-0.2, -0.15) is 0 Å². The highest BCUT2D eigenvalue weighted by Crippen LogP contribution is 2.39. The molecule has 0 fully saturated rings. The van der Waals surface area contributed by atoms with Crippen molar-refractivity contribution in [2.45, 2.75) is 20.8 Å². The number of imidazole rings is 1. The first-order valence-electron chi connectivity index (χ1n) is 10.8. The topological polar surface area (TPSA) is 110 Å². The first-order valence-corrected chi connectivity index (χ1v) is 10.8. The van der Waals surface area contributed by atoms with Gasteiger partial charge in [-0.25, -0.2) is 4.98 Å². The highest BCUT2D eigenvalue weighted by Gasteiger charge is 2.20. The van der Waals surface area contributed by atoms with Crippen molar-refractivity contribution in [1.29, 1.82) is 0 Å². The third-order valence-corrected chi connectivity index (χ3v) is 5.82. The summed E-state index contributed by atoms with van der Waals surface area (Å²) < 4.78 is 5.66. The fourth-order valence-corrected chi connectivity index (χ4v) is 4.05. The summed E-state index contributed by atoms with van der Waals surface area (Å²) in [6.45, 7) is 5.88. The fraction of sp³-hybridized carbons (Fsp3) is 0.148. The molecule has 0 bridgehead atoms. The molecule has 172 valence electrons. The van der Waals surface area contributed by atoms with Crippen LogP contribution in [-0.2, 0) is 0 Å². The summed E-state index contributed by atoms with van der Waals surface area (Å²) in [6.07, 6.45) is 0. The number of carbonyl (C=O) groups excluding carboxylic acids is 2. The second-order valence-electron chi connectivity index (χ2n) is 8.09. The third kappa shape index (κ3) is 4.28. The number of aryl methyl sites for hydroxylation is 2. The van der Waals surface area contributed by atoms with Gasteiger partial charge in [0.1, 0.15) is 17.3 Å². The molecule has 1 aromatic heterocycles. The lowest BCUT2D eigenvalue weighted by atomic mass is 9.92. The number of H-pyrrole nitrogens is 1. The number of anilines is 1. The van der Waals surface area contributed by atoms with Crippen LogP contribution in [-0.4, -0.2) is 28.9 Å². The van der Waals surface area contributed by atoms with Gasteiger partial charge in [-0.05, 0) is 67.8 Å². The molecular weight excluding hydrogens is 428 g/mol. The number of hydrogen-bond acceptors (Lipinski definition) is 4. The summed E-state index contributed by atoms with van der Waals surface area (Å²) in [5.41, 5.74) is 12.1. The van der Waals surface area contributed by atoms with E-state index in [4.69, 9.17) is 10.5 Å². The number of nitrogens with one attached hydrogen (secondary N) is 2. The van der Waals surface area contributed by atoms with Crippen LogP contribution < -0.4 is 15.8 Å². The fourth-order valence-electron chi connectivity index (χ4n) is 4.05. The lowest BCUT2D eigenvalue weighted by molar-refractivity contribution is 0.0995. The maximum atomic E-state index is 12.9. The van der Waals surface area contributed by atoms with Crippen LogP contribution in [0.1, 0.15) is 37.7 Å². The molecule has 0 unspecified atom stereocenters. The number of aromatic nitrogens is 2. The molecule has 4 aromatic rings. The van der Waals surface area contributed by atoms with Crippen molar-refractivity contribution in [2.75, 3.05) is 12.4 Å². The highest BCUT2D eigenvalue weighted by atomic mass is 16.5. The Balaban J connectivity index is 1.72. The number of amides is 2. The molecule has 1 heterocycles. The molecule has 0 aliphatic rings. The summed E-state index contributed by atoms with van der Waals surface area (Å²) >= 11 is 0. The van der Waals surface area contributed by atoms with Crippen molar-refractivity contribution in [1.82, 2.24) is 9.97 Å². The van der Waals surface area contributed by atoms with Crippen molar-refractivity contribution in [3.8, 4) is 28.3 Å².